The van der Waals surface area contributed by atoms with E-state index in [1.807, 2.05) is 29.0 Å². The highest BCUT2D eigenvalue weighted by molar-refractivity contribution is 8.00. The highest BCUT2D eigenvalue weighted by Gasteiger charge is 2.21. The van der Waals surface area contributed by atoms with Crippen LogP contribution in [0.15, 0.2) is 47.9 Å². The second-order valence-corrected chi connectivity index (χ2v) is 8.19. The molecule has 1 heterocycles. The van der Waals surface area contributed by atoms with E-state index in [1.54, 1.807) is 13.1 Å². The molecule has 1 aromatic heterocycles. The topological polar surface area (TPSA) is 76.0 Å². The Morgan fingerprint density at radius 1 is 1.22 bits per heavy atom. The molecule has 1 saturated carbocycles. The molecule has 1 fully saturated rings. The molecule has 0 radical (unpaired) electrons. The summed E-state index contributed by atoms with van der Waals surface area (Å²) in [6, 6.07) is 9.88. The van der Waals surface area contributed by atoms with E-state index in [9.17, 15) is 9.59 Å². The Bertz CT molecular complexity index is 756. The molecule has 0 aliphatic heterocycles. The number of thioether (sulfide) groups is 1. The molecule has 144 valence electrons. The number of aromatic nitrogens is 2. The lowest BCUT2D eigenvalue weighted by Gasteiger charge is -2.23. The first-order valence-electron chi connectivity index (χ1n) is 9.45. The normalized spacial score (nSPS) is 15.9. The predicted molar refractivity (Wildman–Crippen MR) is 107 cm³/mol. The average Bonchev–Trinajstić information content (AvgIpc) is 3.10. The van der Waals surface area contributed by atoms with Crippen LogP contribution in [0.4, 0.5) is 4.79 Å². The monoisotopic (exact) mass is 386 g/mol. The lowest BCUT2D eigenvalue weighted by molar-refractivity contribution is -0.119. The van der Waals surface area contributed by atoms with Gasteiger partial charge in [-0.2, -0.15) is 0 Å². The van der Waals surface area contributed by atoms with Crippen LogP contribution in [0.25, 0.3) is 0 Å². The van der Waals surface area contributed by atoms with Gasteiger partial charge in [0.2, 0.25) is 5.91 Å². The molecule has 3 amide bonds. The van der Waals surface area contributed by atoms with Crippen LogP contribution in [0.1, 0.15) is 44.6 Å². The largest absolute Gasteiger partial charge is 0.335 e. The zero-order valence-electron chi connectivity index (χ0n) is 15.6. The smallest absolute Gasteiger partial charge is 0.321 e. The van der Waals surface area contributed by atoms with Crippen LogP contribution >= 0.6 is 11.8 Å². The lowest BCUT2D eigenvalue weighted by atomic mass is 9.96. The summed E-state index contributed by atoms with van der Waals surface area (Å²) in [6.07, 6.45) is 9.10. The summed E-state index contributed by atoms with van der Waals surface area (Å²) < 4.78 is 2.01. The van der Waals surface area contributed by atoms with Gasteiger partial charge in [0.25, 0.3) is 0 Å². The Morgan fingerprint density at radius 3 is 2.70 bits per heavy atom. The van der Waals surface area contributed by atoms with Crippen molar-refractivity contribution in [2.45, 2.75) is 62.0 Å². The van der Waals surface area contributed by atoms with Crippen molar-refractivity contribution in [1.82, 2.24) is 20.2 Å². The number of nitrogens with zero attached hydrogens (tertiary/aromatic N) is 2. The Kier molecular flexibility index (Phi) is 6.92. The van der Waals surface area contributed by atoms with Gasteiger partial charge < -0.3 is 9.88 Å². The number of imidazole rings is 1. The van der Waals surface area contributed by atoms with E-state index in [1.165, 1.54) is 23.7 Å². The average molecular weight is 387 g/mol. The van der Waals surface area contributed by atoms with E-state index in [4.69, 9.17) is 0 Å². The van der Waals surface area contributed by atoms with Gasteiger partial charge in [-0.25, -0.2) is 9.78 Å². The number of benzene rings is 1. The van der Waals surface area contributed by atoms with Crippen molar-refractivity contribution in [2.24, 2.45) is 0 Å². The molecule has 1 aliphatic carbocycles. The summed E-state index contributed by atoms with van der Waals surface area (Å²) in [6.45, 7) is 2.48. The van der Waals surface area contributed by atoms with E-state index < -0.39 is 11.3 Å². The van der Waals surface area contributed by atoms with Crippen LogP contribution in [-0.4, -0.2) is 32.8 Å². The van der Waals surface area contributed by atoms with Gasteiger partial charge in [-0.05, 0) is 25.3 Å². The Labute approximate surface area is 164 Å². The minimum atomic E-state index is -0.418. The zero-order valence-corrected chi connectivity index (χ0v) is 16.4. The highest BCUT2D eigenvalue weighted by atomic mass is 32.2. The number of urea groups is 1. The van der Waals surface area contributed by atoms with E-state index >= 15 is 0 Å². The SMILES string of the molecule is C[C@@H](Sc1nccn1Cc1ccccc1)C(=O)NC(=O)NC1CCCCC1. The molecule has 2 aromatic rings. The molecule has 27 heavy (non-hydrogen) atoms. The molecule has 1 aliphatic rings. The number of carbonyl (C=O) groups is 2. The van der Waals surface area contributed by atoms with Crippen molar-refractivity contribution in [1.29, 1.82) is 0 Å². The van der Waals surface area contributed by atoms with Crippen molar-refractivity contribution in [3.8, 4) is 0 Å². The summed E-state index contributed by atoms with van der Waals surface area (Å²) in [4.78, 5) is 28.8. The molecule has 0 unspecified atom stereocenters. The van der Waals surface area contributed by atoms with Crippen LogP contribution < -0.4 is 10.6 Å². The maximum Gasteiger partial charge on any atom is 0.321 e. The third-order valence-corrected chi connectivity index (χ3v) is 5.82. The summed E-state index contributed by atoms with van der Waals surface area (Å²) in [5.74, 6) is -0.303. The van der Waals surface area contributed by atoms with Crippen molar-refractivity contribution in [3.63, 3.8) is 0 Å². The standard InChI is InChI=1S/C20H26N4O2S/c1-15(18(25)23-19(26)22-17-10-6-3-7-11-17)27-20-21-12-13-24(20)14-16-8-4-2-5-9-16/h2,4-5,8-9,12-13,15,17H,3,6-7,10-11,14H2,1H3,(H2,22,23,25,26)/t15-/m1/s1. The lowest BCUT2D eigenvalue weighted by Crippen LogP contribution is -2.47. The molecule has 7 heteroatoms. The van der Waals surface area contributed by atoms with E-state index in [-0.39, 0.29) is 11.9 Å². The Morgan fingerprint density at radius 2 is 1.96 bits per heavy atom. The third kappa shape index (κ3) is 5.85. The molecule has 3 rings (SSSR count). The van der Waals surface area contributed by atoms with Gasteiger partial charge in [0.1, 0.15) is 0 Å². The first-order chi connectivity index (χ1) is 13.1. The second-order valence-electron chi connectivity index (χ2n) is 6.88. The molecule has 0 bridgehead atoms. The van der Waals surface area contributed by atoms with Crippen molar-refractivity contribution in [2.75, 3.05) is 0 Å². The Balaban J connectivity index is 1.51. The van der Waals surface area contributed by atoms with Gasteiger partial charge in [0.05, 0.1) is 5.25 Å². The molecule has 1 atom stereocenters. The van der Waals surface area contributed by atoms with Gasteiger partial charge in [-0.15, -0.1) is 0 Å². The fourth-order valence-corrected chi connectivity index (χ4v) is 4.07. The third-order valence-electron chi connectivity index (χ3n) is 4.70. The maximum absolute atomic E-state index is 12.4. The van der Waals surface area contributed by atoms with Gasteiger partial charge in [-0.3, -0.25) is 10.1 Å². The summed E-state index contributed by atoms with van der Waals surface area (Å²) in [5.41, 5.74) is 1.17. The van der Waals surface area contributed by atoms with E-state index in [0.29, 0.717) is 6.54 Å². The minimum absolute atomic E-state index is 0.180. The first kappa shape index (κ1) is 19.5. The number of hydrogen-bond acceptors (Lipinski definition) is 4. The number of amides is 3. The van der Waals surface area contributed by atoms with Crippen molar-refractivity contribution in [3.05, 3.63) is 48.3 Å². The van der Waals surface area contributed by atoms with Gasteiger partial charge in [0.15, 0.2) is 5.16 Å². The maximum atomic E-state index is 12.4. The molecular weight excluding hydrogens is 360 g/mol. The molecule has 0 spiro atoms. The van der Waals surface area contributed by atoms with E-state index in [2.05, 4.69) is 27.8 Å². The fourth-order valence-electron chi connectivity index (χ4n) is 3.21. The summed E-state index contributed by atoms with van der Waals surface area (Å²) in [7, 11) is 0. The Hall–Kier alpha value is -2.28. The first-order valence-corrected chi connectivity index (χ1v) is 10.3. The summed E-state index contributed by atoms with van der Waals surface area (Å²) >= 11 is 1.35. The van der Waals surface area contributed by atoms with Crippen LogP contribution in [0.2, 0.25) is 0 Å². The quantitative estimate of drug-likeness (QED) is 0.744. The zero-order chi connectivity index (χ0) is 19.1. The number of nitrogens with one attached hydrogen (secondary N) is 2. The van der Waals surface area contributed by atoms with Crippen molar-refractivity contribution >= 4 is 23.7 Å². The van der Waals surface area contributed by atoms with Crippen LogP contribution in [0.5, 0.6) is 0 Å². The molecule has 0 saturated heterocycles. The molecule has 2 N–H and O–H groups in total. The van der Waals surface area contributed by atoms with Crippen LogP contribution in [-0.2, 0) is 11.3 Å². The molecule has 1 aromatic carbocycles. The molecule has 6 nitrogen and oxygen atoms in total. The number of rotatable bonds is 6. The van der Waals surface area contributed by atoms with Crippen LogP contribution in [0.3, 0.4) is 0 Å². The van der Waals surface area contributed by atoms with Gasteiger partial charge in [-0.1, -0.05) is 61.4 Å². The van der Waals surface area contributed by atoms with E-state index in [0.717, 1.165) is 30.8 Å². The predicted octanol–water partition coefficient (Wildman–Crippen LogP) is 3.57. The number of hydrogen-bond donors (Lipinski definition) is 2. The minimum Gasteiger partial charge on any atom is -0.335 e. The highest BCUT2D eigenvalue weighted by Crippen LogP contribution is 2.22. The second kappa shape index (κ2) is 9.60. The van der Waals surface area contributed by atoms with Gasteiger partial charge >= 0.3 is 6.03 Å². The van der Waals surface area contributed by atoms with Crippen LogP contribution in [0, 0.1) is 0 Å². The number of carbonyl (C=O) groups excluding carboxylic acids is 2. The fraction of sp³-hybridized carbons (Fsp3) is 0.450. The van der Waals surface area contributed by atoms with Crippen molar-refractivity contribution < 1.29 is 9.59 Å². The number of imide groups is 1. The molecular formula is C20H26N4O2S. The summed E-state index contributed by atoms with van der Waals surface area (Å²) in [5, 5.41) is 5.71. The van der Waals surface area contributed by atoms with Gasteiger partial charge in [0, 0.05) is 25.0 Å².